The summed E-state index contributed by atoms with van der Waals surface area (Å²) in [6.07, 6.45) is 0. The van der Waals surface area contributed by atoms with E-state index >= 15 is 0 Å². The number of carbonyl (C=O) groups is 2. The van der Waals surface area contributed by atoms with Crippen LogP contribution in [0.1, 0.15) is 25.7 Å². The second-order valence-corrected chi connectivity index (χ2v) is 7.24. The Hall–Kier alpha value is -3.51. The molecule has 0 spiro atoms. The van der Waals surface area contributed by atoms with Gasteiger partial charge in [-0.25, -0.2) is 4.98 Å². The molecule has 6 heteroatoms. The van der Waals surface area contributed by atoms with Crippen LogP contribution < -0.4 is 10.6 Å². The summed E-state index contributed by atoms with van der Waals surface area (Å²) in [6.45, 7) is 0.332. The van der Waals surface area contributed by atoms with E-state index in [1.807, 2.05) is 30.3 Å². The van der Waals surface area contributed by atoms with Gasteiger partial charge in [-0.15, -0.1) is 11.3 Å². The van der Waals surface area contributed by atoms with Crippen LogP contribution in [0.5, 0.6) is 0 Å². The number of anilines is 1. The third-order valence-corrected chi connectivity index (χ3v) is 5.23. The van der Waals surface area contributed by atoms with Gasteiger partial charge in [-0.1, -0.05) is 42.5 Å². The van der Waals surface area contributed by atoms with Crippen molar-refractivity contribution < 1.29 is 9.59 Å². The summed E-state index contributed by atoms with van der Waals surface area (Å²) in [5, 5.41) is 6.54. The number of hydrogen-bond donors (Lipinski definition) is 2. The van der Waals surface area contributed by atoms with Crippen molar-refractivity contribution in [3.05, 3.63) is 95.0 Å². The van der Waals surface area contributed by atoms with E-state index in [1.165, 1.54) is 0 Å². The highest BCUT2D eigenvalue weighted by molar-refractivity contribution is 7.18. The number of carbonyl (C=O) groups excluding carboxylic acids is 2. The van der Waals surface area contributed by atoms with Gasteiger partial charge in [-0.05, 0) is 36.4 Å². The molecule has 0 atom stereocenters. The molecule has 0 unspecified atom stereocenters. The number of nitrogens with zero attached hydrogens (tertiary/aromatic N) is 1. The van der Waals surface area contributed by atoms with Crippen LogP contribution in [0.2, 0.25) is 0 Å². The second kappa shape index (κ2) is 8.02. The molecule has 0 saturated carbocycles. The van der Waals surface area contributed by atoms with E-state index in [1.54, 1.807) is 59.9 Å². The smallest absolute Gasteiger partial charge is 0.255 e. The van der Waals surface area contributed by atoms with Gasteiger partial charge in [-0.2, -0.15) is 0 Å². The summed E-state index contributed by atoms with van der Waals surface area (Å²) in [5.41, 5.74) is 2.34. The van der Waals surface area contributed by atoms with Gasteiger partial charge in [0.1, 0.15) is 5.01 Å². The van der Waals surface area contributed by atoms with Crippen molar-refractivity contribution in [1.82, 2.24) is 10.3 Å². The molecule has 4 rings (SSSR count). The Morgan fingerprint density at radius 2 is 1.54 bits per heavy atom. The lowest BCUT2D eigenvalue weighted by Gasteiger charge is -2.11. The molecule has 28 heavy (non-hydrogen) atoms. The summed E-state index contributed by atoms with van der Waals surface area (Å²) < 4.78 is 1.09. The quantitative estimate of drug-likeness (QED) is 0.530. The van der Waals surface area contributed by atoms with Gasteiger partial charge < -0.3 is 10.6 Å². The van der Waals surface area contributed by atoms with Gasteiger partial charge in [-0.3, -0.25) is 9.59 Å². The van der Waals surface area contributed by atoms with E-state index in [0.717, 1.165) is 15.2 Å². The largest absolute Gasteiger partial charge is 0.345 e. The van der Waals surface area contributed by atoms with Crippen molar-refractivity contribution in [2.45, 2.75) is 6.54 Å². The molecule has 2 amide bonds. The van der Waals surface area contributed by atoms with Crippen molar-refractivity contribution in [1.29, 1.82) is 0 Å². The molecule has 0 aliphatic rings. The van der Waals surface area contributed by atoms with Crippen LogP contribution in [0.4, 0.5) is 5.69 Å². The number of para-hydroxylation sites is 2. The first-order chi connectivity index (χ1) is 13.7. The summed E-state index contributed by atoms with van der Waals surface area (Å²) >= 11 is 1.55. The topological polar surface area (TPSA) is 71.1 Å². The number of aromatic nitrogens is 1. The van der Waals surface area contributed by atoms with Crippen molar-refractivity contribution in [3.8, 4) is 0 Å². The van der Waals surface area contributed by atoms with Gasteiger partial charge in [0.05, 0.1) is 28.0 Å². The zero-order chi connectivity index (χ0) is 19.3. The Labute approximate surface area is 166 Å². The fourth-order valence-electron chi connectivity index (χ4n) is 2.82. The average molecular weight is 387 g/mol. The molecule has 0 aliphatic carbocycles. The maximum absolute atomic E-state index is 12.7. The summed E-state index contributed by atoms with van der Waals surface area (Å²) in [7, 11) is 0. The normalized spacial score (nSPS) is 10.6. The molecule has 0 bridgehead atoms. The van der Waals surface area contributed by atoms with Crippen LogP contribution in [0, 0.1) is 0 Å². The zero-order valence-electron chi connectivity index (χ0n) is 14.9. The predicted molar refractivity (Wildman–Crippen MR) is 112 cm³/mol. The minimum atomic E-state index is -0.261. The number of benzene rings is 3. The van der Waals surface area contributed by atoms with E-state index in [2.05, 4.69) is 15.6 Å². The first-order valence-corrected chi connectivity index (χ1v) is 9.60. The molecule has 5 nitrogen and oxygen atoms in total. The molecule has 0 fully saturated rings. The fourth-order valence-corrected chi connectivity index (χ4v) is 3.73. The monoisotopic (exact) mass is 387 g/mol. The van der Waals surface area contributed by atoms with Crippen LogP contribution >= 0.6 is 11.3 Å². The van der Waals surface area contributed by atoms with Crippen LogP contribution in [-0.4, -0.2) is 16.8 Å². The average Bonchev–Trinajstić information content (AvgIpc) is 3.16. The van der Waals surface area contributed by atoms with Crippen LogP contribution in [-0.2, 0) is 6.54 Å². The first kappa shape index (κ1) is 17.9. The lowest BCUT2D eigenvalue weighted by atomic mass is 10.1. The van der Waals surface area contributed by atoms with Crippen LogP contribution in [0.3, 0.4) is 0 Å². The number of thiazole rings is 1. The predicted octanol–water partition coefficient (Wildman–Crippen LogP) is 4.48. The Morgan fingerprint density at radius 3 is 2.36 bits per heavy atom. The maximum Gasteiger partial charge on any atom is 0.255 e. The van der Waals surface area contributed by atoms with Gasteiger partial charge in [0.25, 0.3) is 11.8 Å². The Kier molecular flexibility index (Phi) is 5.12. The fraction of sp³-hybridized carbons (Fsp3) is 0.0455. The number of nitrogens with one attached hydrogen (secondary N) is 2. The van der Waals surface area contributed by atoms with Crippen molar-refractivity contribution >= 4 is 39.1 Å². The van der Waals surface area contributed by atoms with Crippen LogP contribution in [0.25, 0.3) is 10.2 Å². The second-order valence-electron chi connectivity index (χ2n) is 6.12. The lowest BCUT2D eigenvalue weighted by Crippen LogP contribution is -2.24. The highest BCUT2D eigenvalue weighted by Crippen LogP contribution is 2.22. The SMILES string of the molecule is O=C(Nc1ccccc1C(=O)NCc1nc2ccccc2s1)c1ccccc1. The molecule has 1 heterocycles. The summed E-state index contributed by atoms with van der Waals surface area (Å²) in [5.74, 6) is -0.518. The highest BCUT2D eigenvalue weighted by Gasteiger charge is 2.14. The van der Waals surface area contributed by atoms with Gasteiger partial charge in [0, 0.05) is 5.56 Å². The van der Waals surface area contributed by atoms with Crippen LogP contribution in [0.15, 0.2) is 78.9 Å². The maximum atomic E-state index is 12.7. The van der Waals surface area contributed by atoms with Crippen molar-refractivity contribution in [2.24, 2.45) is 0 Å². The lowest BCUT2D eigenvalue weighted by molar-refractivity contribution is 0.0951. The number of fused-ring (bicyclic) bond motifs is 1. The zero-order valence-corrected chi connectivity index (χ0v) is 15.7. The van der Waals surface area contributed by atoms with E-state index in [0.29, 0.717) is 23.4 Å². The minimum Gasteiger partial charge on any atom is -0.345 e. The molecule has 2 N–H and O–H groups in total. The molecule has 138 valence electrons. The van der Waals surface area contributed by atoms with E-state index in [9.17, 15) is 9.59 Å². The molecule has 0 saturated heterocycles. The minimum absolute atomic E-state index is 0.257. The van der Waals surface area contributed by atoms with Gasteiger partial charge >= 0.3 is 0 Å². The third-order valence-electron chi connectivity index (χ3n) is 4.19. The molecular formula is C22H17N3O2S. The Morgan fingerprint density at radius 1 is 0.821 bits per heavy atom. The number of amides is 2. The summed E-state index contributed by atoms with van der Waals surface area (Å²) in [6, 6.07) is 23.7. The Balaban J connectivity index is 1.47. The van der Waals surface area contributed by atoms with Gasteiger partial charge in [0.2, 0.25) is 0 Å². The van der Waals surface area contributed by atoms with E-state index in [4.69, 9.17) is 0 Å². The molecule has 0 aliphatic heterocycles. The molecule has 0 radical (unpaired) electrons. The Bertz CT molecular complexity index is 1110. The third kappa shape index (κ3) is 3.92. The molecular weight excluding hydrogens is 370 g/mol. The molecule has 1 aromatic heterocycles. The highest BCUT2D eigenvalue weighted by atomic mass is 32.1. The van der Waals surface area contributed by atoms with E-state index in [-0.39, 0.29) is 11.8 Å². The van der Waals surface area contributed by atoms with Crippen molar-refractivity contribution in [2.75, 3.05) is 5.32 Å². The number of hydrogen-bond acceptors (Lipinski definition) is 4. The molecule has 3 aromatic carbocycles. The summed E-state index contributed by atoms with van der Waals surface area (Å²) in [4.78, 5) is 29.6. The van der Waals surface area contributed by atoms with E-state index < -0.39 is 0 Å². The standard InChI is InChI=1S/C22H17N3O2S/c26-21(15-8-2-1-3-9-15)25-17-11-5-4-10-16(17)22(27)23-14-20-24-18-12-6-7-13-19(18)28-20/h1-13H,14H2,(H,23,27)(H,25,26). The number of rotatable bonds is 5. The van der Waals surface area contributed by atoms with Gasteiger partial charge in [0.15, 0.2) is 0 Å². The molecule has 4 aromatic rings. The van der Waals surface area contributed by atoms with Crippen molar-refractivity contribution in [3.63, 3.8) is 0 Å². The first-order valence-electron chi connectivity index (χ1n) is 8.79.